The Morgan fingerprint density at radius 2 is 1.90 bits per heavy atom. The molecule has 106 valence electrons. The maximum atomic E-state index is 14.2. The molecule has 3 nitrogen and oxygen atoms in total. The zero-order chi connectivity index (χ0) is 15.1. The highest BCUT2D eigenvalue weighted by Gasteiger charge is 2.21. The number of hydrogen-bond acceptors (Lipinski definition) is 3. The van der Waals surface area contributed by atoms with Crippen LogP contribution in [0.4, 0.5) is 4.39 Å². The summed E-state index contributed by atoms with van der Waals surface area (Å²) in [6.45, 7) is 4.92. The van der Waals surface area contributed by atoms with E-state index in [-0.39, 0.29) is 10.4 Å². The van der Waals surface area contributed by atoms with Gasteiger partial charge in [0.2, 0.25) is 0 Å². The Morgan fingerprint density at radius 3 is 2.40 bits per heavy atom. The predicted octanol–water partition coefficient (Wildman–Crippen LogP) is 3.79. The maximum Gasteiger partial charge on any atom is 0.346 e. The number of aromatic carboxylic acids is 1. The molecule has 0 radical (unpaired) electrons. The van der Waals surface area contributed by atoms with Crippen molar-refractivity contribution in [2.24, 2.45) is 0 Å². The summed E-state index contributed by atoms with van der Waals surface area (Å²) in [4.78, 5) is 12.1. The van der Waals surface area contributed by atoms with Crippen molar-refractivity contribution in [2.45, 2.75) is 26.4 Å². The third-order valence-electron chi connectivity index (χ3n) is 3.02. The van der Waals surface area contributed by atoms with Crippen LogP contribution in [-0.2, 0) is 5.60 Å². The van der Waals surface area contributed by atoms with Crippen molar-refractivity contribution in [2.75, 3.05) is 0 Å². The minimum atomic E-state index is -1.14. The fourth-order valence-electron chi connectivity index (χ4n) is 1.99. The van der Waals surface area contributed by atoms with Gasteiger partial charge in [-0.05, 0) is 38.5 Å². The quantitative estimate of drug-likeness (QED) is 0.905. The molecule has 1 aromatic carbocycles. The summed E-state index contributed by atoms with van der Waals surface area (Å²) in [6.07, 6.45) is 0. The number of aliphatic hydroxyl groups is 1. The highest BCUT2D eigenvalue weighted by Crippen LogP contribution is 2.34. The Kier molecular flexibility index (Phi) is 3.67. The number of thiophene rings is 1. The second-order valence-electron chi connectivity index (χ2n) is 5.16. The van der Waals surface area contributed by atoms with Gasteiger partial charge in [0.25, 0.3) is 0 Å². The normalized spacial score (nSPS) is 11.7. The minimum Gasteiger partial charge on any atom is -0.477 e. The fourth-order valence-corrected chi connectivity index (χ4v) is 2.85. The standard InChI is InChI=1S/C15H15FO3S/c1-8-6-11(13(20-8)14(17)18)10-5-4-9(7-12(10)16)15(2,3)19/h4-7,19H,1-3H3,(H,17,18). The first-order chi connectivity index (χ1) is 9.20. The number of benzene rings is 1. The largest absolute Gasteiger partial charge is 0.477 e. The van der Waals surface area contributed by atoms with Gasteiger partial charge in [0.15, 0.2) is 0 Å². The van der Waals surface area contributed by atoms with Gasteiger partial charge in [0.05, 0.1) is 5.60 Å². The fraction of sp³-hybridized carbons (Fsp3) is 0.267. The summed E-state index contributed by atoms with van der Waals surface area (Å²) in [5.41, 5.74) is -0.0818. The molecule has 0 saturated heterocycles. The number of carboxylic acids is 1. The maximum absolute atomic E-state index is 14.2. The molecule has 0 saturated carbocycles. The minimum absolute atomic E-state index is 0.123. The Morgan fingerprint density at radius 1 is 1.25 bits per heavy atom. The Hall–Kier alpha value is -1.72. The number of hydrogen-bond donors (Lipinski definition) is 2. The number of halogens is 1. The molecule has 0 aliphatic rings. The Labute approximate surface area is 120 Å². The van der Waals surface area contributed by atoms with Gasteiger partial charge in [0.1, 0.15) is 10.7 Å². The Bertz CT molecular complexity index is 668. The van der Waals surface area contributed by atoms with Gasteiger partial charge in [-0.3, -0.25) is 0 Å². The first-order valence-corrected chi connectivity index (χ1v) is 6.88. The Balaban J connectivity index is 2.57. The second-order valence-corrected chi connectivity index (χ2v) is 6.41. The van der Waals surface area contributed by atoms with E-state index < -0.39 is 17.4 Å². The van der Waals surface area contributed by atoms with Gasteiger partial charge in [-0.2, -0.15) is 0 Å². The van der Waals surface area contributed by atoms with Crippen LogP contribution in [0.5, 0.6) is 0 Å². The van der Waals surface area contributed by atoms with Crippen LogP contribution in [0.2, 0.25) is 0 Å². The molecule has 0 aliphatic carbocycles. The van der Waals surface area contributed by atoms with Crippen molar-refractivity contribution in [3.63, 3.8) is 0 Å². The van der Waals surface area contributed by atoms with Crippen LogP contribution >= 0.6 is 11.3 Å². The average molecular weight is 294 g/mol. The van der Waals surface area contributed by atoms with Gasteiger partial charge >= 0.3 is 5.97 Å². The molecule has 0 fully saturated rings. The highest BCUT2D eigenvalue weighted by atomic mass is 32.1. The highest BCUT2D eigenvalue weighted by molar-refractivity contribution is 7.14. The number of carboxylic acid groups (broad SMARTS) is 1. The molecule has 0 bridgehead atoms. The van der Waals surface area contributed by atoms with Crippen molar-refractivity contribution in [1.29, 1.82) is 0 Å². The summed E-state index contributed by atoms with van der Waals surface area (Å²) < 4.78 is 14.2. The van der Waals surface area contributed by atoms with Crippen LogP contribution in [0.3, 0.4) is 0 Å². The van der Waals surface area contributed by atoms with Crippen LogP contribution in [0.25, 0.3) is 11.1 Å². The van der Waals surface area contributed by atoms with Crippen molar-refractivity contribution < 1.29 is 19.4 Å². The zero-order valence-corrected chi connectivity index (χ0v) is 12.2. The predicted molar refractivity (Wildman–Crippen MR) is 76.7 cm³/mol. The lowest BCUT2D eigenvalue weighted by Gasteiger charge is -2.18. The molecule has 0 atom stereocenters. The summed E-state index contributed by atoms with van der Waals surface area (Å²) in [5.74, 6) is -1.60. The SMILES string of the molecule is Cc1cc(-c2ccc(C(C)(C)O)cc2F)c(C(=O)O)s1. The van der Waals surface area contributed by atoms with E-state index in [1.54, 1.807) is 32.9 Å². The molecule has 1 aromatic heterocycles. The van der Waals surface area contributed by atoms with Crippen LogP contribution in [0.1, 0.15) is 34.0 Å². The number of aryl methyl sites for hydroxylation is 1. The van der Waals surface area contributed by atoms with Gasteiger partial charge in [-0.15, -0.1) is 11.3 Å². The molecule has 0 unspecified atom stereocenters. The van der Waals surface area contributed by atoms with E-state index in [0.717, 1.165) is 16.2 Å². The van der Waals surface area contributed by atoms with E-state index in [1.807, 2.05) is 0 Å². The molecule has 2 rings (SSSR count). The molecule has 5 heteroatoms. The van der Waals surface area contributed by atoms with Crippen LogP contribution < -0.4 is 0 Å². The molecule has 1 heterocycles. The molecule has 2 aromatic rings. The van der Waals surface area contributed by atoms with Crippen molar-refractivity contribution in [1.82, 2.24) is 0 Å². The third kappa shape index (κ3) is 2.73. The van der Waals surface area contributed by atoms with Gasteiger partial charge < -0.3 is 10.2 Å². The van der Waals surface area contributed by atoms with Crippen molar-refractivity contribution in [3.8, 4) is 11.1 Å². The molecule has 20 heavy (non-hydrogen) atoms. The molecular weight excluding hydrogens is 279 g/mol. The summed E-state index contributed by atoms with van der Waals surface area (Å²) >= 11 is 1.12. The van der Waals surface area contributed by atoms with E-state index in [4.69, 9.17) is 5.11 Å². The number of rotatable bonds is 3. The van der Waals surface area contributed by atoms with Gasteiger partial charge in [-0.25, -0.2) is 9.18 Å². The molecule has 0 aliphatic heterocycles. The lowest BCUT2D eigenvalue weighted by Crippen LogP contribution is -2.15. The molecule has 0 spiro atoms. The number of carbonyl (C=O) groups is 1. The second kappa shape index (κ2) is 5.00. The molecule has 0 amide bonds. The van der Waals surface area contributed by atoms with Crippen molar-refractivity contribution in [3.05, 3.63) is 45.4 Å². The molecule has 2 N–H and O–H groups in total. The topological polar surface area (TPSA) is 57.5 Å². The smallest absolute Gasteiger partial charge is 0.346 e. The van der Waals surface area contributed by atoms with E-state index in [0.29, 0.717) is 11.1 Å². The van der Waals surface area contributed by atoms with Crippen LogP contribution in [-0.4, -0.2) is 16.2 Å². The van der Waals surface area contributed by atoms with E-state index >= 15 is 0 Å². The lowest BCUT2D eigenvalue weighted by atomic mass is 9.95. The summed E-state index contributed by atoms with van der Waals surface area (Å²) in [5, 5.41) is 19.0. The monoisotopic (exact) mass is 294 g/mol. The third-order valence-corrected chi connectivity index (χ3v) is 4.05. The summed E-state index contributed by atoms with van der Waals surface area (Å²) in [7, 11) is 0. The van der Waals surface area contributed by atoms with Crippen molar-refractivity contribution >= 4 is 17.3 Å². The molecular formula is C15H15FO3S. The van der Waals surface area contributed by atoms with Gasteiger partial charge in [-0.1, -0.05) is 12.1 Å². The van der Waals surface area contributed by atoms with E-state index in [1.165, 1.54) is 12.1 Å². The average Bonchev–Trinajstić information content (AvgIpc) is 2.70. The van der Waals surface area contributed by atoms with Gasteiger partial charge in [0, 0.05) is 16.0 Å². The van der Waals surface area contributed by atoms with Crippen LogP contribution in [0.15, 0.2) is 24.3 Å². The van der Waals surface area contributed by atoms with Crippen LogP contribution in [0, 0.1) is 12.7 Å². The lowest BCUT2D eigenvalue weighted by molar-refractivity contribution is 0.0702. The van der Waals surface area contributed by atoms with E-state index in [9.17, 15) is 14.3 Å². The first kappa shape index (κ1) is 14.7. The summed E-state index contributed by atoms with van der Waals surface area (Å²) in [6, 6.07) is 6.03. The first-order valence-electron chi connectivity index (χ1n) is 6.06. The zero-order valence-electron chi connectivity index (χ0n) is 11.4. The van der Waals surface area contributed by atoms with E-state index in [2.05, 4.69) is 0 Å².